The topological polar surface area (TPSA) is 29.3 Å². The second kappa shape index (κ2) is 3.59. The second-order valence-corrected chi connectivity index (χ2v) is 5.53. The van der Waals surface area contributed by atoms with Crippen LogP contribution in [0.2, 0.25) is 0 Å². The number of aromatic nitrogens is 1. The third kappa shape index (κ3) is 1.54. The lowest BCUT2D eigenvalue weighted by Gasteiger charge is -2.29. The summed E-state index contributed by atoms with van der Waals surface area (Å²) in [5, 5.41) is 4.09. The monoisotopic (exact) mass is 316 g/mol. The zero-order chi connectivity index (χ0) is 10.4. The molecule has 0 N–H and O–H groups in total. The molecule has 0 radical (unpaired) electrons. The van der Waals surface area contributed by atoms with Gasteiger partial charge in [0.2, 0.25) is 0 Å². The molecule has 3 heterocycles. The predicted octanol–water partition coefficient (Wildman–Crippen LogP) is 2.53. The van der Waals surface area contributed by atoms with Gasteiger partial charge in [0.1, 0.15) is 12.0 Å². The van der Waals surface area contributed by atoms with Crippen molar-refractivity contribution in [2.75, 3.05) is 7.05 Å². The van der Waals surface area contributed by atoms with Crippen molar-refractivity contribution < 1.29 is 4.52 Å². The Morgan fingerprint density at radius 3 is 3.07 bits per heavy atom. The van der Waals surface area contributed by atoms with Gasteiger partial charge < -0.3 is 4.52 Å². The molecule has 1 aromatic heterocycles. The van der Waals surface area contributed by atoms with Crippen LogP contribution in [0.1, 0.15) is 25.0 Å². The summed E-state index contributed by atoms with van der Waals surface area (Å²) in [4.78, 5) is 2.48. The first-order valence-corrected chi connectivity index (χ1v) is 6.36. The lowest BCUT2D eigenvalue weighted by Crippen LogP contribution is -2.34. The van der Waals surface area contributed by atoms with Crippen LogP contribution in [0.5, 0.6) is 0 Å². The highest BCUT2D eigenvalue weighted by Crippen LogP contribution is 2.37. The van der Waals surface area contributed by atoms with Crippen molar-refractivity contribution in [1.82, 2.24) is 10.1 Å². The van der Waals surface area contributed by atoms with E-state index >= 15 is 0 Å². The minimum atomic E-state index is 0.617. The minimum Gasteiger partial charge on any atom is -0.363 e. The fraction of sp³-hybridized carbons (Fsp3) is 0.545. The van der Waals surface area contributed by atoms with Gasteiger partial charge in [-0.2, -0.15) is 0 Å². The van der Waals surface area contributed by atoms with E-state index in [0.717, 1.165) is 15.7 Å². The molecule has 0 aliphatic carbocycles. The SMILES string of the molecule is CN1C2C=C(c3nocc3I)CC1CC2. The van der Waals surface area contributed by atoms with Gasteiger partial charge in [-0.3, -0.25) is 4.90 Å². The van der Waals surface area contributed by atoms with E-state index in [1.54, 1.807) is 6.26 Å². The summed E-state index contributed by atoms with van der Waals surface area (Å²) in [7, 11) is 2.23. The first-order chi connectivity index (χ1) is 7.25. The van der Waals surface area contributed by atoms with Crippen molar-refractivity contribution >= 4 is 28.2 Å². The van der Waals surface area contributed by atoms with E-state index in [1.807, 2.05) is 0 Å². The molecule has 2 aliphatic heterocycles. The van der Waals surface area contributed by atoms with Crippen LogP contribution in [0.25, 0.3) is 5.57 Å². The molecule has 15 heavy (non-hydrogen) atoms. The largest absolute Gasteiger partial charge is 0.363 e. The van der Waals surface area contributed by atoms with Crippen LogP contribution in [0.15, 0.2) is 16.9 Å². The normalized spacial score (nSPS) is 30.7. The quantitative estimate of drug-likeness (QED) is 0.746. The van der Waals surface area contributed by atoms with E-state index in [4.69, 9.17) is 4.52 Å². The smallest absolute Gasteiger partial charge is 0.137 e. The van der Waals surface area contributed by atoms with Crippen LogP contribution in [-0.4, -0.2) is 29.2 Å². The Labute approximate surface area is 103 Å². The third-order valence-electron chi connectivity index (χ3n) is 3.57. The van der Waals surface area contributed by atoms with Crippen molar-refractivity contribution in [1.29, 1.82) is 0 Å². The molecule has 1 saturated heterocycles. The Morgan fingerprint density at radius 2 is 2.40 bits per heavy atom. The average Bonchev–Trinajstić information content (AvgIpc) is 2.70. The highest BCUT2D eigenvalue weighted by molar-refractivity contribution is 14.1. The summed E-state index contributed by atoms with van der Waals surface area (Å²) >= 11 is 2.29. The van der Waals surface area contributed by atoms with E-state index in [-0.39, 0.29) is 0 Å². The van der Waals surface area contributed by atoms with Gasteiger partial charge in [0.25, 0.3) is 0 Å². The molecular weight excluding hydrogens is 303 g/mol. The van der Waals surface area contributed by atoms with Crippen LogP contribution in [0.3, 0.4) is 0 Å². The van der Waals surface area contributed by atoms with E-state index in [1.165, 1.54) is 18.4 Å². The highest BCUT2D eigenvalue weighted by Gasteiger charge is 2.34. The number of halogens is 1. The number of hydrogen-bond donors (Lipinski definition) is 0. The lowest BCUT2D eigenvalue weighted by atomic mass is 9.99. The number of likely N-dealkylation sites (N-methyl/N-ethyl adjacent to an activating group) is 1. The molecule has 0 spiro atoms. The van der Waals surface area contributed by atoms with Crippen LogP contribution in [-0.2, 0) is 0 Å². The van der Waals surface area contributed by atoms with Crippen LogP contribution in [0, 0.1) is 3.57 Å². The van der Waals surface area contributed by atoms with Crippen LogP contribution in [0.4, 0.5) is 0 Å². The van der Waals surface area contributed by atoms with E-state index < -0.39 is 0 Å². The van der Waals surface area contributed by atoms with Gasteiger partial charge in [0, 0.05) is 12.1 Å². The highest BCUT2D eigenvalue weighted by atomic mass is 127. The minimum absolute atomic E-state index is 0.617. The molecule has 1 aromatic rings. The molecule has 2 unspecified atom stereocenters. The third-order valence-corrected chi connectivity index (χ3v) is 4.34. The zero-order valence-corrected chi connectivity index (χ0v) is 10.8. The van der Waals surface area contributed by atoms with Gasteiger partial charge in [-0.1, -0.05) is 11.2 Å². The Kier molecular flexibility index (Phi) is 2.35. The number of fused-ring (bicyclic) bond motifs is 2. The fourth-order valence-corrected chi connectivity index (χ4v) is 3.21. The number of rotatable bonds is 1. The van der Waals surface area contributed by atoms with Gasteiger partial charge in [-0.25, -0.2) is 0 Å². The Balaban J connectivity index is 1.97. The maximum Gasteiger partial charge on any atom is 0.137 e. The molecule has 0 amide bonds. The molecule has 2 aliphatic rings. The maximum absolute atomic E-state index is 5.00. The molecule has 0 aromatic carbocycles. The summed E-state index contributed by atoms with van der Waals surface area (Å²) in [5.74, 6) is 0. The predicted molar refractivity (Wildman–Crippen MR) is 66.4 cm³/mol. The van der Waals surface area contributed by atoms with Crippen LogP contribution >= 0.6 is 22.6 Å². The van der Waals surface area contributed by atoms with E-state index in [9.17, 15) is 0 Å². The summed E-state index contributed by atoms with van der Waals surface area (Å²) in [6, 6.07) is 1.33. The van der Waals surface area contributed by atoms with Crippen molar-refractivity contribution in [2.24, 2.45) is 0 Å². The van der Waals surface area contributed by atoms with Crippen molar-refractivity contribution in [3.05, 3.63) is 21.6 Å². The Morgan fingerprint density at radius 1 is 1.53 bits per heavy atom. The summed E-state index contributed by atoms with van der Waals surface area (Å²) in [6.07, 6.45) is 7.81. The molecule has 0 saturated carbocycles. The molecule has 2 bridgehead atoms. The van der Waals surface area contributed by atoms with Gasteiger partial charge >= 0.3 is 0 Å². The van der Waals surface area contributed by atoms with Gasteiger partial charge in [-0.15, -0.1) is 0 Å². The number of nitrogens with zero attached hydrogens (tertiary/aromatic N) is 2. The first-order valence-electron chi connectivity index (χ1n) is 5.28. The van der Waals surface area contributed by atoms with E-state index in [2.05, 4.69) is 45.8 Å². The summed E-state index contributed by atoms with van der Waals surface area (Å²) in [6.45, 7) is 0. The van der Waals surface area contributed by atoms with Crippen molar-refractivity contribution in [2.45, 2.75) is 31.3 Å². The Bertz CT molecular complexity index is 412. The molecule has 1 fully saturated rings. The standard InChI is InChI=1S/C11H13IN2O/c1-14-8-2-3-9(14)5-7(4-8)11-10(12)6-15-13-11/h4,6,8-9H,2-3,5H2,1H3. The molecule has 4 heteroatoms. The first kappa shape index (κ1) is 9.84. The molecule has 3 nitrogen and oxygen atoms in total. The van der Waals surface area contributed by atoms with Gasteiger partial charge in [0.05, 0.1) is 3.57 Å². The molecule has 3 rings (SSSR count). The fourth-order valence-electron chi connectivity index (χ4n) is 2.65. The maximum atomic E-state index is 5.00. The number of hydrogen-bond acceptors (Lipinski definition) is 3. The summed E-state index contributed by atoms with van der Waals surface area (Å²) in [5.41, 5.74) is 2.43. The van der Waals surface area contributed by atoms with Crippen molar-refractivity contribution in [3.63, 3.8) is 0 Å². The van der Waals surface area contributed by atoms with Crippen molar-refractivity contribution in [3.8, 4) is 0 Å². The van der Waals surface area contributed by atoms with Gasteiger partial charge in [-0.05, 0) is 54.5 Å². The summed E-state index contributed by atoms with van der Waals surface area (Å²) < 4.78 is 6.13. The Hall–Kier alpha value is -0.360. The molecule has 80 valence electrons. The molecule has 2 atom stereocenters. The lowest BCUT2D eigenvalue weighted by molar-refractivity contribution is 0.264. The average molecular weight is 316 g/mol. The van der Waals surface area contributed by atoms with Crippen LogP contribution < -0.4 is 0 Å². The zero-order valence-electron chi connectivity index (χ0n) is 8.61. The second-order valence-electron chi connectivity index (χ2n) is 4.37. The van der Waals surface area contributed by atoms with E-state index in [0.29, 0.717) is 12.1 Å². The van der Waals surface area contributed by atoms with Gasteiger partial charge in [0.15, 0.2) is 0 Å². The molecular formula is C11H13IN2O.